The van der Waals surface area contributed by atoms with Gasteiger partial charge in [-0.1, -0.05) is 0 Å². The van der Waals surface area contributed by atoms with Crippen LogP contribution in [0.25, 0.3) is 0 Å². The number of aromatic nitrogens is 1. The summed E-state index contributed by atoms with van der Waals surface area (Å²) in [7, 11) is 1.85. The lowest BCUT2D eigenvalue weighted by atomic mass is 10.1. The Morgan fingerprint density at radius 1 is 1.50 bits per heavy atom. The fourth-order valence-electron chi connectivity index (χ4n) is 1.91. The highest BCUT2D eigenvalue weighted by Crippen LogP contribution is 2.16. The topological polar surface area (TPSA) is 80.6 Å². The molecule has 1 aromatic heterocycles. The number of hydrogen-bond acceptors (Lipinski definition) is 4. The Morgan fingerprint density at radius 2 is 2.15 bits per heavy atom. The van der Waals surface area contributed by atoms with Crippen molar-refractivity contribution < 1.29 is 19.4 Å². The number of nitrogens with zero attached hydrogens (tertiary/aromatic N) is 1. The Balaban J connectivity index is 2.42. The van der Waals surface area contributed by atoms with Crippen LogP contribution in [-0.2, 0) is 21.4 Å². The van der Waals surface area contributed by atoms with Crippen molar-refractivity contribution in [2.24, 2.45) is 7.05 Å². The summed E-state index contributed by atoms with van der Waals surface area (Å²) in [4.78, 5) is 22.8. The number of carbonyl (C=O) groups excluding carboxylic acids is 2. The highest BCUT2D eigenvalue weighted by Gasteiger charge is 2.30. The second kappa shape index (κ2) is 6.56. The third kappa shape index (κ3) is 4.38. The van der Waals surface area contributed by atoms with Crippen molar-refractivity contribution in [2.75, 3.05) is 6.54 Å². The maximum atomic E-state index is 11.9. The van der Waals surface area contributed by atoms with E-state index in [2.05, 4.69) is 5.32 Å². The van der Waals surface area contributed by atoms with E-state index in [0.717, 1.165) is 5.69 Å². The van der Waals surface area contributed by atoms with Crippen LogP contribution in [0.2, 0.25) is 0 Å². The van der Waals surface area contributed by atoms with E-state index in [9.17, 15) is 14.7 Å². The normalized spacial score (nSPS) is 12.8. The molecule has 0 bridgehead atoms. The minimum Gasteiger partial charge on any atom is -0.450 e. The van der Waals surface area contributed by atoms with E-state index in [0.29, 0.717) is 13.0 Å². The molecule has 0 aliphatic heterocycles. The van der Waals surface area contributed by atoms with Gasteiger partial charge >= 0.3 is 5.97 Å². The summed E-state index contributed by atoms with van der Waals surface area (Å²) in [5.74, 6) is -0.888. The number of aliphatic hydroxyl groups is 1. The molecule has 6 nitrogen and oxygen atoms in total. The first-order chi connectivity index (χ1) is 9.24. The van der Waals surface area contributed by atoms with E-state index in [1.807, 2.05) is 29.9 Å². The van der Waals surface area contributed by atoms with Crippen molar-refractivity contribution in [2.45, 2.75) is 38.9 Å². The molecule has 1 unspecified atom stereocenters. The maximum Gasteiger partial charge on any atom is 0.303 e. The molecule has 0 spiro atoms. The largest absolute Gasteiger partial charge is 0.450 e. The molecule has 1 heterocycles. The number of nitrogens with one attached hydrogen (secondary N) is 1. The van der Waals surface area contributed by atoms with Crippen molar-refractivity contribution in [1.82, 2.24) is 9.88 Å². The van der Waals surface area contributed by atoms with E-state index in [1.54, 1.807) is 0 Å². The maximum absolute atomic E-state index is 11.9. The number of aliphatic hydroxyl groups excluding tert-OH is 1. The molecular weight excluding hydrogens is 260 g/mol. The summed E-state index contributed by atoms with van der Waals surface area (Å²) >= 11 is 0. The lowest BCUT2D eigenvalue weighted by Gasteiger charge is -2.23. The fraction of sp³-hybridized carbons (Fsp3) is 0.571. The van der Waals surface area contributed by atoms with Crippen molar-refractivity contribution >= 4 is 11.9 Å². The van der Waals surface area contributed by atoms with E-state index in [4.69, 9.17) is 4.74 Å². The summed E-state index contributed by atoms with van der Waals surface area (Å²) in [6.07, 6.45) is 1.59. The molecule has 0 saturated heterocycles. The minimum atomic E-state index is -1.21. The third-order valence-electron chi connectivity index (χ3n) is 2.97. The van der Waals surface area contributed by atoms with Crippen molar-refractivity contribution in [3.05, 3.63) is 24.0 Å². The Bertz CT molecular complexity index is 479. The predicted octanol–water partition coefficient (Wildman–Crippen LogP) is 0.906. The van der Waals surface area contributed by atoms with Gasteiger partial charge in [0.05, 0.1) is 6.10 Å². The molecule has 1 atom stereocenters. The fourth-order valence-corrected chi connectivity index (χ4v) is 1.91. The van der Waals surface area contributed by atoms with Crippen molar-refractivity contribution in [1.29, 1.82) is 0 Å². The molecule has 0 saturated carbocycles. The van der Waals surface area contributed by atoms with Gasteiger partial charge in [0.2, 0.25) is 0 Å². The van der Waals surface area contributed by atoms with Crippen LogP contribution in [0.3, 0.4) is 0 Å². The monoisotopic (exact) mass is 282 g/mol. The highest BCUT2D eigenvalue weighted by atomic mass is 16.6. The first-order valence-electron chi connectivity index (χ1n) is 6.51. The number of esters is 1. The van der Waals surface area contributed by atoms with Gasteiger partial charge in [0.25, 0.3) is 5.91 Å². The van der Waals surface area contributed by atoms with Crippen LogP contribution in [0.5, 0.6) is 0 Å². The molecule has 2 N–H and O–H groups in total. The van der Waals surface area contributed by atoms with Gasteiger partial charge in [0.15, 0.2) is 5.60 Å². The summed E-state index contributed by atoms with van der Waals surface area (Å²) in [6, 6.07) is 3.68. The Morgan fingerprint density at radius 3 is 2.65 bits per heavy atom. The van der Waals surface area contributed by atoms with Gasteiger partial charge in [-0.15, -0.1) is 0 Å². The number of carbonyl (C=O) groups is 2. The van der Waals surface area contributed by atoms with Gasteiger partial charge in [0, 0.05) is 32.4 Å². The van der Waals surface area contributed by atoms with Crippen molar-refractivity contribution in [3.63, 3.8) is 0 Å². The first kappa shape index (κ1) is 16.2. The van der Waals surface area contributed by atoms with Crippen LogP contribution < -0.4 is 5.32 Å². The molecule has 0 fully saturated rings. The molecule has 0 aromatic carbocycles. The molecule has 0 radical (unpaired) electrons. The second-order valence-electron chi connectivity index (χ2n) is 5.21. The van der Waals surface area contributed by atoms with Gasteiger partial charge in [-0.2, -0.15) is 0 Å². The van der Waals surface area contributed by atoms with Gasteiger partial charge in [-0.05, 0) is 32.4 Å². The summed E-state index contributed by atoms with van der Waals surface area (Å²) in [5, 5.41) is 12.6. The van der Waals surface area contributed by atoms with E-state index >= 15 is 0 Å². The number of aryl methyl sites for hydroxylation is 1. The Hall–Kier alpha value is -1.82. The van der Waals surface area contributed by atoms with Crippen LogP contribution in [0.15, 0.2) is 18.3 Å². The molecule has 1 aromatic rings. The van der Waals surface area contributed by atoms with E-state index < -0.39 is 17.7 Å². The van der Waals surface area contributed by atoms with Gasteiger partial charge in [-0.3, -0.25) is 9.59 Å². The molecule has 1 rings (SSSR count). The second-order valence-corrected chi connectivity index (χ2v) is 5.21. The zero-order chi connectivity index (χ0) is 15.3. The smallest absolute Gasteiger partial charge is 0.303 e. The van der Waals surface area contributed by atoms with Gasteiger partial charge < -0.3 is 19.7 Å². The number of hydrogen-bond donors (Lipinski definition) is 2. The van der Waals surface area contributed by atoms with Crippen LogP contribution >= 0.6 is 0 Å². The lowest BCUT2D eigenvalue weighted by molar-refractivity contribution is -0.162. The van der Waals surface area contributed by atoms with E-state index in [1.165, 1.54) is 20.8 Å². The third-order valence-corrected chi connectivity index (χ3v) is 2.97. The molecule has 6 heteroatoms. The Labute approximate surface area is 118 Å². The van der Waals surface area contributed by atoms with Gasteiger partial charge in [0.1, 0.15) is 0 Å². The van der Waals surface area contributed by atoms with Crippen LogP contribution in [0.1, 0.15) is 39.0 Å². The minimum absolute atomic E-state index is 0.301. The van der Waals surface area contributed by atoms with Crippen molar-refractivity contribution in [3.8, 4) is 0 Å². The SMILES string of the molecule is CC(=O)OC(C)(C)C(=O)NCCC(O)c1cccn1C. The zero-order valence-corrected chi connectivity index (χ0v) is 12.3. The number of rotatable bonds is 6. The molecule has 112 valence electrons. The summed E-state index contributed by atoms with van der Waals surface area (Å²) in [6.45, 7) is 4.61. The zero-order valence-electron chi connectivity index (χ0n) is 12.3. The summed E-state index contributed by atoms with van der Waals surface area (Å²) in [5.41, 5.74) is -0.416. The van der Waals surface area contributed by atoms with Crippen LogP contribution in [0.4, 0.5) is 0 Å². The van der Waals surface area contributed by atoms with Crippen LogP contribution in [-0.4, -0.2) is 33.7 Å². The van der Waals surface area contributed by atoms with Gasteiger partial charge in [-0.25, -0.2) is 0 Å². The molecule has 0 aliphatic rings. The van der Waals surface area contributed by atoms with Crippen LogP contribution in [0, 0.1) is 0 Å². The van der Waals surface area contributed by atoms with E-state index in [-0.39, 0.29) is 5.91 Å². The standard InChI is InChI=1S/C14H22N2O4/c1-10(17)20-14(2,3)13(19)15-8-7-12(18)11-6-5-9-16(11)4/h5-6,9,12,18H,7-8H2,1-4H3,(H,15,19). The highest BCUT2D eigenvalue weighted by molar-refractivity contribution is 5.86. The predicted molar refractivity (Wildman–Crippen MR) is 73.8 cm³/mol. The average Bonchev–Trinajstić information content (AvgIpc) is 2.73. The quantitative estimate of drug-likeness (QED) is 0.760. The number of amides is 1. The number of ether oxygens (including phenoxy) is 1. The summed E-state index contributed by atoms with van der Waals surface area (Å²) < 4.78 is 6.76. The molecule has 20 heavy (non-hydrogen) atoms. The molecular formula is C14H22N2O4. The average molecular weight is 282 g/mol. The molecule has 1 amide bonds. The Kier molecular flexibility index (Phi) is 5.33. The first-order valence-corrected chi connectivity index (χ1v) is 6.51. The lowest BCUT2D eigenvalue weighted by Crippen LogP contribution is -2.45. The molecule has 0 aliphatic carbocycles.